The first-order chi connectivity index (χ1) is 13.9. The Hall–Kier alpha value is -2.23. The molecule has 1 heterocycles. The lowest BCUT2D eigenvalue weighted by Gasteiger charge is -2.41. The number of hydrazone groups is 1. The van der Waals surface area contributed by atoms with E-state index in [0.717, 1.165) is 11.1 Å². The molecule has 1 N–H and O–H groups in total. The highest BCUT2D eigenvalue weighted by Gasteiger charge is 2.66. The highest BCUT2D eigenvalue weighted by Crippen LogP contribution is 2.47. The predicted octanol–water partition coefficient (Wildman–Crippen LogP) is 5.02. The molecule has 0 aromatic heterocycles. The number of nitrogens with zero attached hydrogens (tertiary/aromatic N) is 2. The van der Waals surface area contributed by atoms with Crippen LogP contribution in [0.2, 0.25) is 0 Å². The van der Waals surface area contributed by atoms with Gasteiger partial charge in [-0.15, -0.1) is 0 Å². The fraction of sp³-hybridized carbons (Fsp3) is 0.619. The van der Waals surface area contributed by atoms with Crippen LogP contribution in [-0.4, -0.2) is 46.2 Å². The normalized spacial score (nSPS) is 20.3. The lowest BCUT2D eigenvalue weighted by atomic mass is 9.79. The number of carbonyl (C=O) groups excluding carboxylic acids is 1. The van der Waals surface area contributed by atoms with Crippen LogP contribution in [0, 0.1) is 12.3 Å². The summed E-state index contributed by atoms with van der Waals surface area (Å²) in [5.74, 6) is -5.89. The van der Waals surface area contributed by atoms with Crippen molar-refractivity contribution in [2.75, 3.05) is 6.61 Å². The summed E-state index contributed by atoms with van der Waals surface area (Å²) < 4.78 is 71.9. The van der Waals surface area contributed by atoms with E-state index in [9.17, 15) is 31.9 Å². The van der Waals surface area contributed by atoms with Gasteiger partial charge in [0.1, 0.15) is 11.5 Å². The highest BCUT2D eigenvalue weighted by molar-refractivity contribution is 5.96. The van der Waals surface area contributed by atoms with Crippen LogP contribution in [0.1, 0.15) is 58.1 Å². The van der Waals surface area contributed by atoms with E-state index in [4.69, 9.17) is 4.74 Å². The van der Waals surface area contributed by atoms with E-state index in [-0.39, 0.29) is 5.92 Å². The number of ether oxygens (including phenoxy) is 1. The molecule has 0 fully saturated rings. The Labute approximate surface area is 177 Å². The maximum atomic E-state index is 13.9. The molecule has 1 amide bonds. The van der Waals surface area contributed by atoms with Crippen molar-refractivity contribution >= 4 is 11.6 Å². The van der Waals surface area contributed by atoms with E-state index in [1.807, 2.05) is 32.9 Å². The number of rotatable bonds is 5. The van der Waals surface area contributed by atoms with E-state index >= 15 is 0 Å². The Balaban J connectivity index is 2.37. The van der Waals surface area contributed by atoms with Gasteiger partial charge >= 0.3 is 12.1 Å². The molecule has 10 heteroatoms. The van der Waals surface area contributed by atoms with E-state index in [0.29, 0.717) is 10.8 Å². The van der Waals surface area contributed by atoms with Crippen LogP contribution >= 0.6 is 0 Å². The van der Waals surface area contributed by atoms with Crippen molar-refractivity contribution in [3.05, 3.63) is 29.3 Å². The molecule has 1 atom stereocenters. The summed E-state index contributed by atoms with van der Waals surface area (Å²) in [7, 11) is 0. The minimum absolute atomic E-state index is 0.0547. The minimum Gasteiger partial charge on any atom is -0.483 e. The third kappa shape index (κ3) is 4.68. The monoisotopic (exact) mass is 450 g/mol. The van der Waals surface area contributed by atoms with Crippen LogP contribution < -0.4 is 4.74 Å². The van der Waals surface area contributed by atoms with Gasteiger partial charge in [-0.3, -0.25) is 4.79 Å². The Morgan fingerprint density at radius 3 is 2.29 bits per heavy atom. The summed E-state index contributed by atoms with van der Waals surface area (Å²) in [5, 5.41) is 14.5. The molecule has 0 saturated heterocycles. The fourth-order valence-electron chi connectivity index (χ4n) is 3.17. The molecule has 1 aliphatic rings. The lowest BCUT2D eigenvalue weighted by Crippen LogP contribution is -2.56. The number of amides is 1. The molecule has 1 aromatic carbocycles. The number of alkyl halides is 5. The van der Waals surface area contributed by atoms with Crippen molar-refractivity contribution < 1.29 is 36.6 Å². The Morgan fingerprint density at radius 2 is 1.81 bits per heavy atom. The van der Waals surface area contributed by atoms with E-state index in [1.54, 1.807) is 6.07 Å². The standard InChI is InChI=1S/C21H27F5N2O3/c1-12(2)14-8-7-13(3)9-15(14)31-11-17(29)28-19(30,18(4,5)6)10-16(27-28)20(22,23)21(24,25)26/h7-9,12,30H,10-11H2,1-6H3/t19-/m1/s1. The van der Waals surface area contributed by atoms with Crippen LogP contribution in [0.3, 0.4) is 0 Å². The van der Waals surface area contributed by atoms with Crippen molar-refractivity contribution in [1.29, 1.82) is 0 Å². The van der Waals surface area contributed by atoms with E-state index < -0.39 is 47.9 Å². The van der Waals surface area contributed by atoms with Crippen LogP contribution in [0.25, 0.3) is 0 Å². The molecule has 0 spiro atoms. The number of halogens is 5. The summed E-state index contributed by atoms with van der Waals surface area (Å²) in [5.41, 5.74) is -3.64. The molecule has 31 heavy (non-hydrogen) atoms. The molecule has 1 aromatic rings. The number of hydrogen-bond acceptors (Lipinski definition) is 4. The first-order valence-corrected chi connectivity index (χ1v) is 9.73. The summed E-state index contributed by atoms with van der Waals surface area (Å²) in [4.78, 5) is 12.8. The van der Waals surface area contributed by atoms with Gasteiger partial charge in [-0.1, -0.05) is 46.8 Å². The predicted molar refractivity (Wildman–Crippen MR) is 105 cm³/mol. The number of carbonyl (C=O) groups is 1. The van der Waals surface area contributed by atoms with Gasteiger partial charge in [-0.25, -0.2) is 0 Å². The second-order valence-corrected chi connectivity index (χ2v) is 9.05. The second kappa shape index (κ2) is 8.03. The molecule has 5 nitrogen and oxygen atoms in total. The van der Waals surface area contributed by atoms with E-state index in [2.05, 4.69) is 5.10 Å². The zero-order chi connectivity index (χ0) is 24.0. The maximum Gasteiger partial charge on any atom is 0.459 e. The summed E-state index contributed by atoms with van der Waals surface area (Å²) in [6, 6.07) is 5.37. The van der Waals surface area contributed by atoms with E-state index in [1.165, 1.54) is 20.8 Å². The number of aliphatic hydroxyl groups is 1. The van der Waals surface area contributed by atoms with Crippen molar-refractivity contribution in [3.8, 4) is 5.75 Å². The van der Waals surface area contributed by atoms with Crippen molar-refractivity contribution in [2.45, 2.75) is 71.7 Å². The number of benzene rings is 1. The highest BCUT2D eigenvalue weighted by atomic mass is 19.4. The summed E-state index contributed by atoms with van der Waals surface area (Å²) >= 11 is 0. The summed E-state index contributed by atoms with van der Waals surface area (Å²) in [6.45, 7) is 9.17. The quantitative estimate of drug-likeness (QED) is 0.641. The Kier molecular flexibility index (Phi) is 6.49. The molecule has 0 aliphatic carbocycles. The van der Waals surface area contributed by atoms with Crippen molar-refractivity contribution in [1.82, 2.24) is 5.01 Å². The van der Waals surface area contributed by atoms with Gasteiger partial charge in [0.2, 0.25) is 0 Å². The van der Waals surface area contributed by atoms with Crippen LogP contribution in [0.4, 0.5) is 22.0 Å². The molecular weight excluding hydrogens is 423 g/mol. The van der Waals surface area contributed by atoms with Gasteiger partial charge in [0, 0.05) is 11.8 Å². The zero-order valence-electron chi connectivity index (χ0n) is 18.3. The average molecular weight is 450 g/mol. The smallest absolute Gasteiger partial charge is 0.459 e. The zero-order valence-corrected chi connectivity index (χ0v) is 18.3. The van der Waals surface area contributed by atoms with Crippen molar-refractivity contribution in [3.63, 3.8) is 0 Å². The van der Waals surface area contributed by atoms with Gasteiger partial charge in [0.25, 0.3) is 5.91 Å². The topological polar surface area (TPSA) is 62.1 Å². The Bertz CT molecular complexity index is 875. The minimum atomic E-state index is -5.91. The van der Waals surface area contributed by atoms with Gasteiger partial charge < -0.3 is 9.84 Å². The van der Waals surface area contributed by atoms with Crippen molar-refractivity contribution in [2.24, 2.45) is 10.5 Å². The molecular formula is C21H27F5N2O3. The molecule has 0 unspecified atom stereocenters. The van der Waals surface area contributed by atoms with Crippen LogP contribution in [0.5, 0.6) is 5.75 Å². The third-order valence-electron chi connectivity index (χ3n) is 5.28. The lowest BCUT2D eigenvalue weighted by molar-refractivity contribution is -0.250. The van der Waals surface area contributed by atoms with Gasteiger partial charge in [0.05, 0.1) is 0 Å². The molecule has 1 aliphatic heterocycles. The number of aryl methyl sites for hydroxylation is 1. The molecule has 2 rings (SSSR count). The second-order valence-electron chi connectivity index (χ2n) is 9.05. The molecule has 0 saturated carbocycles. The van der Waals surface area contributed by atoms with Crippen LogP contribution in [0.15, 0.2) is 23.3 Å². The van der Waals surface area contributed by atoms with Gasteiger partial charge in [-0.05, 0) is 30.0 Å². The number of hydrogen-bond donors (Lipinski definition) is 1. The average Bonchev–Trinajstić information content (AvgIpc) is 2.98. The maximum absolute atomic E-state index is 13.9. The molecule has 0 radical (unpaired) electrons. The molecule has 0 bridgehead atoms. The van der Waals surface area contributed by atoms with Gasteiger partial charge in [-0.2, -0.15) is 32.1 Å². The SMILES string of the molecule is Cc1ccc(C(C)C)c(OCC(=O)N2N=C(C(F)(F)C(F)(F)F)C[C@@]2(O)C(C)(C)C)c1. The fourth-order valence-corrected chi connectivity index (χ4v) is 3.17. The largest absolute Gasteiger partial charge is 0.483 e. The third-order valence-corrected chi connectivity index (χ3v) is 5.28. The summed E-state index contributed by atoms with van der Waals surface area (Å²) in [6.07, 6.45) is -7.05. The first-order valence-electron chi connectivity index (χ1n) is 9.73. The first kappa shape index (κ1) is 25.0. The van der Waals surface area contributed by atoms with Crippen LogP contribution in [-0.2, 0) is 4.79 Å². The molecule has 174 valence electrons. The van der Waals surface area contributed by atoms with Gasteiger partial charge in [0.15, 0.2) is 12.3 Å². The Morgan fingerprint density at radius 1 is 1.23 bits per heavy atom.